The fourth-order valence-corrected chi connectivity index (χ4v) is 1.55. The molecule has 8 nitrogen and oxygen atoms in total. The molecule has 1 heterocycles. The summed E-state index contributed by atoms with van der Waals surface area (Å²) in [4.78, 5) is 48.3. The number of H-pyrrole nitrogens is 1. The van der Waals surface area contributed by atoms with Crippen molar-refractivity contribution in [3.8, 4) is 0 Å². The van der Waals surface area contributed by atoms with Gasteiger partial charge in [-0.2, -0.15) is 0 Å². The summed E-state index contributed by atoms with van der Waals surface area (Å²) in [5.41, 5.74) is 4.71. The molecule has 0 aliphatic heterocycles. The van der Waals surface area contributed by atoms with Crippen molar-refractivity contribution in [1.82, 2.24) is 14.5 Å². The average molecular weight is 268 g/mol. The van der Waals surface area contributed by atoms with E-state index in [1.54, 1.807) is 6.92 Å². The lowest BCUT2D eigenvalue weighted by Crippen LogP contribution is -2.47. The molecule has 1 atom stereocenters. The fourth-order valence-electron chi connectivity index (χ4n) is 1.55. The zero-order chi connectivity index (χ0) is 14.6. The molecule has 0 bridgehead atoms. The molecule has 0 spiro atoms. The second-order valence-electron chi connectivity index (χ2n) is 4.15. The molecule has 1 amide bonds. The van der Waals surface area contributed by atoms with Gasteiger partial charge >= 0.3 is 5.69 Å². The smallest absolute Gasteiger partial charge is 0.319 e. The zero-order valence-corrected chi connectivity index (χ0v) is 10.8. The Kier molecular flexibility index (Phi) is 4.76. The van der Waals surface area contributed by atoms with E-state index in [0.29, 0.717) is 11.8 Å². The van der Waals surface area contributed by atoms with E-state index in [1.165, 1.54) is 13.1 Å². The molecule has 0 saturated carbocycles. The zero-order valence-electron chi connectivity index (χ0n) is 10.8. The number of hydrogen-bond donors (Lipinski definition) is 2. The Morgan fingerprint density at radius 2 is 2.21 bits per heavy atom. The van der Waals surface area contributed by atoms with Gasteiger partial charge in [0.25, 0.3) is 5.56 Å². The van der Waals surface area contributed by atoms with E-state index in [0.717, 1.165) is 9.47 Å². The first-order chi connectivity index (χ1) is 8.86. The molecule has 1 rings (SSSR count). The third-order valence-corrected chi connectivity index (χ3v) is 2.58. The van der Waals surface area contributed by atoms with Crippen LogP contribution in [0.5, 0.6) is 0 Å². The third-order valence-electron chi connectivity index (χ3n) is 2.58. The van der Waals surface area contributed by atoms with Gasteiger partial charge < -0.3 is 15.4 Å². The Morgan fingerprint density at radius 3 is 2.74 bits per heavy atom. The van der Waals surface area contributed by atoms with E-state index in [4.69, 9.17) is 5.73 Å². The number of aromatic amines is 1. The number of aromatic nitrogens is 2. The molecule has 1 aromatic rings. The predicted molar refractivity (Wildman–Crippen MR) is 67.5 cm³/mol. The molecule has 1 aromatic heterocycles. The van der Waals surface area contributed by atoms with Crippen LogP contribution in [-0.2, 0) is 16.1 Å². The quantitative estimate of drug-likeness (QED) is 0.481. The Labute approximate surface area is 108 Å². The molecule has 0 aliphatic carbocycles. The van der Waals surface area contributed by atoms with Crippen LogP contribution in [0.3, 0.4) is 0 Å². The summed E-state index contributed by atoms with van der Waals surface area (Å²) in [7, 11) is 0. The Morgan fingerprint density at radius 1 is 1.58 bits per heavy atom. The number of aldehydes is 1. The van der Waals surface area contributed by atoms with Gasteiger partial charge in [-0.25, -0.2) is 4.79 Å². The second-order valence-corrected chi connectivity index (χ2v) is 4.15. The number of carbonyl (C=O) groups is 2. The van der Waals surface area contributed by atoms with Gasteiger partial charge in [0.05, 0.1) is 12.7 Å². The Balaban J connectivity index is 2.99. The summed E-state index contributed by atoms with van der Waals surface area (Å²) in [6, 6.07) is 0. The van der Waals surface area contributed by atoms with E-state index in [1.807, 2.05) is 0 Å². The maximum absolute atomic E-state index is 11.9. The number of nitrogens with zero attached hydrogens (tertiary/aromatic N) is 2. The highest BCUT2D eigenvalue weighted by atomic mass is 16.2. The summed E-state index contributed by atoms with van der Waals surface area (Å²) in [6.07, 6.45) is 1.21. The van der Waals surface area contributed by atoms with E-state index in [2.05, 4.69) is 4.98 Å². The second kappa shape index (κ2) is 6.10. The summed E-state index contributed by atoms with van der Waals surface area (Å²) >= 11 is 0. The SMILES string of the molecule is Cc1cn(CC(=O)N(CC=O)C(C)N)c(=O)[nH]c1=O. The summed E-state index contributed by atoms with van der Waals surface area (Å²) in [5.74, 6) is -0.476. The third kappa shape index (κ3) is 3.62. The molecule has 0 saturated heterocycles. The van der Waals surface area contributed by atoms with Crippen molar-refractivity contribution in [1.29, 1.82) is 0 Å². The van der Waals surface area contributed by atoms with Crippen molar-refractivity contribution in [3.63, 3.8) is 0 Å². The van der Waals surface area contributed by atoms with Gasteiger partial charge in [0.1, 0.15) is 12.8 Å². The number of rotatable bonds is 5. The predicted octanol–water partition coefficient (Wildman–Crippen LogP) is -1.82. The molecule has 1 unspecified atom stereocenters. The van der Waals surface area contributed by atoms with Gasteiger partial charge in [-0.3, -0.25) is 19.1 Å². The monoisotopic (exact) mass is 268 g/mol. The Bertz CT molecular complexity index is 587. The standard InChI is InChI=1S/C11H16N4O4/c1-7-5-14(11(19)13-10(7)18)6-9(17)15(3-4-16)8(2)12/h4-5,8H,3,6,12H2,1-2H3,(H,13,18,19). The molecular weight excluding hydrogens is 252 g/mol. The molecule has 0 radical (unpaired) electrons. The largest absolute Gasteiger partial charge is 0.328 e. The minimum absolute atomic E-state index is 0.145. The van der Waals surface area contributed by atoms with Crippen molar-refractivity contribution in [2.75, 3.05) is 6.54 Å². The topological polar surface area (TPSA) is 118 Å². The average Bonchev–Trinajstić information content (AvgIpc) is 2.32. The number of aryl methyl sites for hydroxylation is 1. The highest BCUT2D eigenvalue weighted by Crippen LogP contribution is 1.95. The van der Waals surface area contributed by atoms with E-state index in [-0.39, 0.29) is 13.1 Å². The van der Waals surface area contributed by atoms with E-state index < -0.39 is 23.3 Å². The number of nitrogens with two attached hydrogens (primary N) is 1. The molecule has 3 N–H and O–H groups in total. The molecule has 0 aromatic carbocycles. The van der Waals surface area contributed by atoms with Crippen molar-refractivity contribution >= 4 is 12.2 Å². The molecule has 0 fully saturated rings. The van der Waals surface area contributed by atoms with Gasteiger partial charge in [-0.05, 0) is 13.8 Å². The first-order valence-corrected chi connectivity index (χ1v) is 5.66. The lowest BCUT2D eigenvalue weighted by Gasteiger charge is -2.24. The normalized spacial score (nSPS) is 11.9. The van der Waals surface area contributed by atoms with Crippen LogP contribution in [0.2, 0.25) is 0 Å². The van der Waals surface area contributed by atoms with Crippen LogP contribution in [0.4, 0.5) is 0 Å². The number of amides is 1. The molecule has 0 aliphatic rings. The summed E-state index contributed by atoms with van der Waals surface area (Å²) in [6.45, 7) is 2.65. The Hall–Kier alpha value is -2.22. The highest BCUT2D eigenvalue weighted by molar-refractivity contribution is 5.78. The highest BCUT2D eigenvalue weighted by Gasteiger charge is 2.17. The lowest BCUT2D eigenvalue weighted by atomic mass is 10.3. The van der Waals surface area contributed by atoms with E-state index >= 15 is 0 Å². The number of carbonyl (C=O) groups excluding carboxylic acids is 2. The van der Waals surface area contributed by atoms with Gasteiger partial charge in [0.15, 0.2) is 0 Å². The lowest BCUT2D eigenvalue weighted by molar-refractivity contribution is -0.135. The first kappa shape index (κ1) is 14.8. The van der Waals surface area contributed by atoms with Crippen LogP contribution in [0, 0.1) is 6.92 Å². The molecular formula is C11H16N4O4. The minimum atomic E-state index is -0.681. The van der Waals surface area contributed by atoms with Gasteiger partial charge in [-0.1, -0.05) is 0 Å². The van der Waals surface area contributed by atoms with Crippen molar-refractivity contribution < 1.29 is 9.59 Å². The molecule has 19 heavy (non-hydrogen) atoms. The van der Waals surface area contributed by atoms with Crippen LogP contribution >= 0.6 is 0 Å². The van der Waals surface area contributed by atoms with Gasteiger partial charge in [0, 0.05) is 11.8 Å². The van der Waals surface area contributed by atoms with Crippen LogP contribution < -0.4 is 17.0 Å². The fraction of sp³-hybridized carbons (Fsp3) is 0.455. The summed E-state index contributed by atoms with van der Waals surface area (Å²) < 4.78 is 1.07. The van der Waals surface area contributed by atoms with Gasteiger partial charge in [-0.15, -0.1) is 0 Å². The van der Waals surface area contributed by atoms with Crippen LogP contribution in [-0.4, -0.2) is 39.4 Å². The van der Waals surface area contributed by atoms with Gasteiger partial charge in [0.2, 0.25) is 5.91 Å². The molecule has 104 valence electrons. The van der Waals surface area contributed by atoms with Crippen molar-refractivity contribution in [2.45, 2.75) is 26.6 Å². The molecule has 8 heteroatoms. The van der Waals surface area contributed by atoms with Crippen LogP contribution in [0.25, 0.3) is 0 Å². The van der Waals surface area contributed by atoms with Crippen LogP contribution in [0.1, 0.15) is 12.5 Å². The number of nitrogens with one attached hydrogen (secondary N) is 1. The summed E-state index contributed by atoms with van der Waals surface area (Å²) in [5, 5.41) is 0. The maximum atomic E-state index is 11.9. The van der Waals surface area contributed by atoms with E-state index in [9.17, 15) is 19.2 Å². The van der Waals surface area contributed by atoms with Crippen LogP contribution in [0.15, 0.2) is 15.8 Å². The first-order valence-electron chi connectivity index (χ1n) is 5.66. The van der Waals surface area contributed by atoms with Crippen molar-refractivity contribution in [3.05, 3.63) is 32.6 Å². The maximum Gasteiger partial charge on any atom is 0.328 e. The van der Waals surface area contributed by atoms with Crippen molar-refractivity contribution in [2.24, 2.45) is 5.73 Å². The minimum Gasteiger partial charge on any atom is -0.319 e. The number of hydrogen-bond acceptors (Lipinski definition) is 5.